The maximum atomic E-state index is 10.1. The fourth-order valence-corrected chi connectivity index (χ4v) is 0.230. The van der Waals surface area contributed by atoms with Crippen LogP contribution >= 0.6 is 0 Å². The molecule has 1 amide bonds. The van der Waals surface area contributed by atoms with E-state index in [4.69, 9.17) is 5.73 Å². The third-order valence-electron chi connectivity index (χ3n) is 0.324. The van der Waals surface area contributed by atoms with Gasteiger partial charge in [-0.3, -0.25) is 0 Å². The predicted octanol–water partition coefficient (Wildman–Crippen LogP) is -1.48. The summed E-state index contributed by atoms with van der Waals surface area (Å²) in [5, 5.41) is 3.36. The Hall–Kier alpha value is -0.541. The van der Waals surface area contributed by atoms with Gasteiger partial charge in [-0.15, -0.1) is 0 Å². The minimum absolute atomic E-state index is 0.222. The number of nitrogens with two attached hydrogens (primary N) is 1. The summed E-state index contributed by atoms with van der Waals surface area (Å²) >= 11 is 2.41. The van der Waals surface area contributed by atoms with Gasteiger partial charge in [-0.2, -0.15) is 0 Å². The number of carbonyl (C=O) groups is 1. The number of hydrogen-bond donors (Lipinski definition) is 2. The molecule has 3 N–H and O–H groups in total. The van der Waals surface area contributed by atoms with E-state index in [2.05, 4.69) is 26.5 Å². The van der Waals surface area contributed by atoms with E-state index in [0.717, 1.165) is 0 Å². The van der Waals surface area contributed by atoms with Crippen molar-refractivity contribution in [2.45, 2.75) is 6.92 Å². The van der Waals surface area contributed by atoms with Crippen molar-refractivity contribution in [3.63, 3.8) is 0 Å². The number of amides is 1. The predicted molar refractivity (Wildman–Crippen MR) is 31.2 cm³/mol. The monoisotopic (exact) mass is 180 g/mol. The van der Waals surface area contributed by atoms with Gasteiger partial charge in [-0.25, -0.2) is 0 Å². The van der Waals surface area contributed by atoms with E-state index in [9.17, 15) is 4.79 Å². The standard InChI is InChI=1S/C3H6N3OSe/c1-2(7)5-6-3(4)8/h1H3,(H2,4,6)(H,5,7). The summed E-state index contributed by atoms with van der Waals surface area (Å²) in [5.41, 5.74) is 7.16. The normalized spacial score (nSPS) is 10.9. The topological polar surface area (TPSA) is 67.5 Å². The van der Waals surface area contributed by atoms with Crippen LogP contribution in [0.15, 0.2) is 5.10 Å². The SMILES string of the molecule is CC(=O)N/N=C(/N)[Se]. The molecule has 0 aliphatic rings. The molecule has 0 aliphatic heterocycles. The first kappa shape index (κ1) is 7.46. The van der Waals surface area contributed by atoms with Crippen molar-refractivity contribution in [2.75, 3.05) is 0 Å². The second-order valence-electron chi connectivity index (χ2n) is 1.12. The molecule has 0 atom stereocenters. The summed E-state index contributed by atoms with van der Waals surface area (Å²) in [7, 11) is 0. The van der Waals surface area contributed by atoms with Crippen LogP contribution in [0.2, 0.25) is 0 Å². The Morgan fingerprint density at radius 1 is 1.88 bits per heavy atom. The number of hydrazone groups is 1. The molecule has 4 nitrogen and oxygen atoms in total. The van der Waals surface area contributed by atoms with Crippen molar-refractivity contribution in [1.82, 2.24) is 5.43 Å². The van der Waals surface area contributed by atoms with Crippen LogP contribution in [0.4, 0.5) is 0 Å². The molecule has 0 fully saturated rings. The molecule has 8 heavy (non-hydrogen) atoms. The van der Waals surface area contributed by atoms with Crippen molar-refractivity contribution in [1.29, 1.82) is 0 Å². The average molecular weight is 179 g/mol. The summed E-state index contributed by atoms with van der Waals surface area (Å²) < 4.78 is 0.222. The van der Waals surface area contributed by atoms with Gasteiger partial charge in [0.2, 0.25) is 0 Å². The van der Waals surface area contributed by atoms with Crippen molar-refractivity contribution < 1.29 is 4.79 Å². The van der Waals surface area contributed by atoms with Crippen LogP contribution in [0.5, 0.6) is 0 Å². The Balaban J connectivity index is 3.45. The molecule has 0 rings (SSSR count). The van der Waals surface area contributed by atoms with Crippen LogP contribution in [0, 0.1) is 0 Å². The number of nitrogens with one attached hydrogen (secondary N) is 1. The Bertz CT molecular complexity index is 118. The van der Waals surface area contributed by atoms with E-state index >= 15 is 0 Å². The molecule has 0 aromatic rings. The van der Waals surface area contributed by atoms with Crippen LogP contribution in [-0.2, 0) is 4.79 Å². The zero-order valence-corrected chi connectivity index (χ0v) is 6.05. The first-order chi connectivity index (χ1) is 3.63. The maximum absolute atomic E-state index is 10.1. The van der Waals surface area contributed by atoms with Crippen molar-refractivity contribution in [3.05, 3.63) is 0 Å². The van der Waals surface area contributed by atoms with E-state index in [1.165, 1.54) is 6.92 Å². The molecule has 5 heteroatoms. The van der Waals surface area contributed by atoms with Gasteiger partial charge in [0.25, 0.3) is 0 Å². The second kappa shape index (κ2) is 3.46. The molecular formula is C3H6N3OSe. The quantitative estimate of drug-likeness (QED) is 0.223. The summed E-state index contributed by atoms with van der Waals surface area (Å²) in [5.74, 6) is -0.233. The molecule has 0 unspecified atom stereocenters. The van der Waals surface area contributed by atoms with E-state index < -0.39 is 0 Å². The summed E-state index contributed by atoms with van der Waals surface area (Å²) in [4.78, 5) is 10.1. The fraction of sp³-hybridized carbons (Fsp3) is 0.333. The van der Waals surface area contributed by atoms with E-state index in [1.54, 1.807) is 0 Å². The van der Waals surface area contributed by atoms with Gasteiger partial charge in [-0.1, -0.05) is 0 Å². The summed E-state index contributed by atoms with van der Waals surface area (Å²) in [6.45, 7) is 1.35. The zero-order valence-electron chi connectivity index (χ0n) is 4.34. The molecule has 0 aromatic heterocycles. The van der Waals surface area contributed by atoms with Crippen LogP contribution in [-0.4, -0.2) is 26.7 Å². The van der Waals surface area contributed by atoms with Crippen LogP contribution in [0.25, 0.3) is 0 Å². The zero-order chi connectivity index (χ0) is 6.57. The van der Waals surface area contributed by atoms with Crippen molar-refractivity contribution in [2.24, 2.45) is 10.8 Å². The molecule has 1 radical (unpaired) electrons. The van der Waals surface area contributed by atoms with Gasteiger partial charge in [0.1, 0.15) is 0 Å². The third kappa shape index (κ3) is 5.46. The Morgan fingerprint density at radius 3 is 2.50 bits per heavy atom. The first-order valence-corrected chi connectivity index (χ1v) is 2.75. The summed E-state index contributed by atoms with van der Waals surface area (Å²) in [6.07, 6.45) is 0. The number of rotatable bonds is 1. The molecule has 0 heterocycles. The molecular weight excluding hydrogens is 173 g/mol. The van der Waals surface area contributed by atoms with Gasteiger partial charge < -0.3 is 0 Å². The Morgan fingerprint density at radius 2 is 2.38 bits per heavy atom. The molecule has 0 bridgehead atoms. The van der Waals surface area contributed by atoms with E-state index in [-0.39, 0.29) is 10.6 Å². The van der Waals surface area contributed by atoms with Crippen LogP contribution in [0.3, 0.4) is 0 Å². The summed E-state index contributed by atoms with van der Waals surface area (Å²) in [6, 6.07) is 0. The van der Waals surface area contributed by atoms with Gasteiger partial charge >= 0.3 is 54.6 Å². The molecule has 45 valence electrons. The molecule has 0 saturated heterocycles. The van der Waals surface area contributed by atoms with Gasteiger partial charge in [0.05, 0.1) is 0 Å². The molecule has 0 saturated carbocycles. The van der Waals surface area contributed by atoms with Crippen molar-refractivity contribution >= 4 is 26.7 Å². The first-order valence-electron chi connectivity index (χ1n) is 1.89. The molecule has 0 aromatic carbocycles. The van der Waals surface area contributed by atoms with Crippen LogP contribution in [0.1, 0.15) is 6.92 Å². The Kier molecular flexibility index (Phi) is 3.23. The van der Waals surface area contributed by atoms with Gasteiger partial charge in [-0.05, 0) is 0 Å². The number of hydrogen-bond acceptors (Lipinski definition) is 2. The molecule has 0 spiro atoms. The van der Waals surface area contributed by atoms with E-state index in [0.29, 0.717) is 0 Å². The number of nitrogens with zero attached hydrogens (tertiary/aromatic N) is 1. The second-order valence-corrected chi connectivity index (χ2v) is 2.00. The average Bonchev–Trinajstić information content (AvgIpc) is 1.61. The minimum atomic E-state index is -0.233. The van der Waals surface area contributed by atoms with Crippen LogP contribution < -0.4 is 11.2 Å². The number of carbonyl (C=O) groups excluding carboxylic acids is 1. The van der Waals surface area contributed by atoms with Crippen molar-refractivity contribution in [3.8, 4) is 0 Å². The van der Waals surface area contributed by atoms with E-state index in [1.807, 2.05) is 0 Å². The van der Waals surface area contributed by atoms with Gasteiger partial charge in [0.15, 0.2) is 0 Å². The third-order valence-corrected chi connectivity index (χ3v) is 0.515. The fourth-order valence-electron chi connectivity index (χ4n) is 0.134. The van der Waals surface area contributed by atoms with Gasteiger partial charge in [0, 0.05) is 0 Å². The number of amidine groups is 1. The molecule has 0 aliphatic carbocycles. The Labute approximate surface area is 55.3 Å².